The summed E-state index contributed by atoms with van der Waals surface area (Å²) < 4.78 is 0.716. The number of benzene rings is 2. The smallest absolute Gasteiger partial charge is 0.234 e. The third-order valence-corrected chi connectivity index (χ3v) is 6.04. The summed E-state index contributed by atoms with van der Waals surface area (Å²) in [6.07, 6.45) is 0. The molecular formula is C20H20N4O2S2. The van der Waals surface area contributed by atoms with E-state index in [1.807, 2.05) is 6.07 Å². The van der Waals surface area contributed by atoms with Gasteiger partial charge in [0.05, 0.1) is 5.75 Å². The first kappa shape index (κ1) is 20.0. The number of Topliss-reactive ketones (excluding diaryl/α,β-unsaturated/α-hetero) is 1. The molecule has 0 unspecified atom stereocenters. The number of aromatic nitrogens is 2. The van der Waals surface area contributed by atoms with E-state index in [4.69, 9.17) is 0 Å². The van der Waals surface area contributed by atoms with Crippen LogP contribution < -0.4 is 10.6 Å². The molecule has 144 valence electrons. The van der Waals surface area contributed by atoms with Crippen LogP contribution in [0.1, 0.15) is 28.4 Å². The normalized spacial score (nSPS) is 10.5. The predicted molar refractivity (Wildman–Crippen MR) is 115 cm³/mol. The van der Waals surface area contributed by atoms with Gasteiger partial charge >= 0.3 is 0 Å². The van der Waals surface area contributed by atoms with E-state index in [2.05, 4.69) is 46.8 Å². The van der Waals surface area contributed by atoms with Crippen molar-refractivity contribution in [3.63, 3.8) is 0 Å². The van der Waals surface area contributed by atoms with Crippen molar-refractivity contribution in [1.82, 2.24) is 10.2 Å². The minimum absolute atomic E-state index is 0.00471. The second-order valence-electron chi connectivity index (χ2n) is 6.27. The zero-order valence-electron chi connectivity index (χ0n) is 15.8. The minimum Gasteiger partial charge on any atom is -0.330 e. The molecular weight excluding hydrogens is 392 g/mol. The van der Waals surface area contributed by atoms with Crippen molar-refractivity contribution in [2.24, 2.45) is 0 Å². The highest BCUT2D eigenvalue weighted by Gasteiger charge is 2.09. The Hall–Kier alpha value is -2.71. The van der Waals surface area contributed by atoms with Crippen molar-refractivity contribution >= 4 is 51.3 Å². The number of anilines is 3. The molecule has 2 aromatic carbocycles. The lowest BCUT2D eigenvalue weighted by Crippen LogP contribution is -2.14. The third-order valence-electron chi connectivity index (χ3n) is 4.07. The summed E-state index contributed by atoms with van der Waals surface area (Å²) in [4.78, 5) is 23.4. The Morgan fingerprint density at radius 2 is 1.71 bits per heavy atom. The van der Waals surface area contributed by atoms with Gasteiger partial charge in [-0.25, -0.2) is 0 Å². The maximum Gasteiger partial charge on any atom is 0.234 e. The van der Waals surface area contributed by atoms with Gasteiger partial charge in [0.25, 0.3) is 0 Å². The first-order valence-corrected chi connectivity index (χ1v) is 10.4. The number of rotatable bonds is 7. The van der Waals surface area contributed by atoms with Crippen LogP contribution in [0, 0.1) is 13.8 Å². The average Bonchev–Trinajstić information content (AvgIpc) is 3.11. The summed E-state index contributed by atoms with van der Waals surface area (Å²) >= 11 is 2.73. The van der Waals surface area contributed by atoms with Gasteiger partial charge in [-0.15, -0.1) is 10.2 Å². The lowest BCUT2D eigenvalue weighted by Gasteiger charge is -2.05. The molecule has 0 aliphatic carbocycles. The Labute approximate surface area is 171 Å². The van der Waals surface area contributed by atoms with Gasteiger partial charge < -0.3 is 10.6 Å². The fourth-order valence-electron chi connectivity index (χ4n) is 2.37. The van der Waals surface area contributed by atoms with Gasteiger partial charge in [0.2, 0.25) is 11.0 Å². The average molecular weight is 413 g/mol. The Kier molecular flexibility index (Phi) is 6.43. The zero-order valence-corrected chi connectivity index (χ0v) is 17.4. The number of amides is 1. The first-order valence-electron chi connectivity index (χ1n) is 8.62. The number of thioether (sulfide) groups is 1. The van der Waals surface area contributed by atoms with E-state index in [-0.39, 0.29) is 17.4 Å². The van der Waals surface area contributed by atoms with Crippen molar-refractivity contribution in [1.29, 1.82) is 0 Å². The Balaban J connectivity index is 1.51. The Morgan fingerprint density at radius 1 is 1.00 bits per heavy atom. The predicted octanol–water partition coefficient (Wildman–Crippen LogP) is 4.83. The van der Waals surface area contributed by atoms with Gasteiger partial charge in [-0.2, -0.15) is 0 Å². The molecule has 8 heteroatoms. The molecule has 0 saturated heterocycles. The number of ketones is 1. The zero-order chi connectivity index (χ0) is 20.1. The van der Waals surface area contributed by atoms with Crippen LogP contribution in [-0.2, 0) is 4.79 Å². The standard InChI is InChI=1S/C20H20N4O2S2/c1-12-4-7-17(10-13(12)2)22-19-23-24-20(28-19)27-11-18(26)21-16-8-5-15(6-9-16)14(3)25/h4-10H,11H2,1-3H3,(H,21,26)(H,22,23). The van der Waals surface area contributed by atoms with Crippen molar-refractivity contribution in [2.75, 3.05) is 16.4 Å². The maximum absolute atomic E-state index is 12.1. The number of carbonyl (C=O) groups excluding carboxylic acids is 2. The van der Waals surface area contributed by atoms with Crippen molar-refractivity contribution in [3.05, 3.63) is 59.2 Å². The van der Waals surface area contributed by atoms with Crippen LogP contribution in [0.3, 0.4) is 0 Å². The summed E-state index contributed by atoms with van der Waals surface area (Å²) in [5, 5.41) is 15.0. The van der Waals surface area contributed by atoms with Crippen molar-refractivity contribution in [2.45, 2.75) is 25.1 Å². The van der Waals surface area contributed by atoms with Crippen LogP contribution in [0.25, 0.3) is 0 Å². The molecule has 2 N–H and O–H groups in total. The van der Waals surface area contributed by atoms with E-state index in [1.54, 1.807) is 24.3 Å². The number of hydrogen-bond acceptors (Lipinski definition) is 7. The van der Waals surface area contributed by atoms with Gasteiger partial charge in [0.15, 0.2) is 10.1 Å². The molecule has 0 atom stereocenters. The van der Waals surface area contributed by atoms with Gasteiger partial charge in [0, 0.05) is 16.9 Å². The van der Waals surface area contributed by atoms with Crippen LogP contribution in [0.5, 0.6) is 0 Å². The van der Waals surface area contributed by atoms with Gasteiger partial charge in [-0.1, -0.05) is 29.2 Å². The van der Waals surface area contributed by atoms with Crippen molar-refractivity contribution < 1.29 is 9.59 Å². The lowest BCUT2D eigenvalue weighted by atomic mass is 10.1. The monoisotopic (exact) mass is 412 g/mol. The molecule has 28 heavy (non-hydrogen) atoms. The summed E-state index contributed by atoms with van der Waals surface area (Å²) in [5.41, 5.74) is 4.68. The Morgan fingerprint density at radius 3 is 2.39 bits per heavy atom. The second-order valence-corrected chi connectivity index (χ2v) is 8.47. The first-order chi connectivity index (χ1) is 13.4. The van der Waals surface area contributed by atoms with Crippen LogP contribution in [-0.4, -0.2) is 27.6 Å². The fraction of sp³-hybridized carbons (Fsp3) is 0.200. The SMILES string of the molecule is CC(=O)c1ccc(NC(=O)CSc2nnc(Nc3ccc(C)c(C)c3)s2)cc1. The van der Waals surface area contributed by atoms with E-state index in [0.717, 1.165) is 5.69 Å². The molecule has 0 saturated carbocycles. The molecule has 1 amide bonds. The van der Waals surface area contributed by atoms with Gasteiger partial charge in [-0.3, -0.25) is 9.59 Å². The van der Waals surface area contributed by atoms with Crippen LogP contribution in [0.15, 0.2) is 46.8 Å². The van der Waals surface area contributed by atoms with E-state index in [0.29, 0.717) is 20.7 Å². The molecule has 6 nitrogen and oxygen atoms in total. The summed E-state index contributed by atoms with van der Waals surface area (Å²) in [7, 11) is 0. The fourth-order valence-corrected chi connectivity index (χ4v) is 3.95. The van der Waals surface area contributed by atoms with E-state index < -0.39 is 0 Å². The van der Waals surface area contributed by atoms with E-state index in [9.17, 15) is 9.59 Å². The molecule has 1 aromatic heterocycles. The molecule has 3 rings (SSSR count). The highest BCUT2D eigenvalue weighted by atomic mass is 32.2. The number of nitrogens with one attached hydrogen (secondary N) is 2. The molecule has 3 aromatic rings. The third kappa shape index (κ3) is 5.40. The largest absolute Gasteiger partial charge is 0.330 e. The second kappa shape index (κ2) is 8.99. The van der Waals surface area contributed by atoms with Gasteiger partial charge in [0.1, 0.15) is 0 Å². The summed E-state index contributed by atoms with van der Waals surface area (Å²) in [6.45, 7) is 5.64. The minimum atomic E-state index is -0.139. The number of hydrogen-bond donors (Lipinski definition) is 2. The lowest BCUT2D eigenvalue weighted by molar-refractivity contribution is -0.113. The number of aryl methyl sites for hydroxylation is 2. The van der Waals surface area contributed by atoms with Crippen molar-refractivity contribution in [3.8, 4) is 0 Å². The van der Waals surface area contributed by atoms with Gasteiger partial charge in [-0.05, 0) is 68.3 Å². The maximum atomic E-state index is 12.1. The summed E-state index contributed by atoms with van der Waals surface area (Å²) in [5.74, 6) is 0.0848. The Bertz CT molecular complexity index is 1000. The summed E-state index contributed by atoms with van der Waals surface area (Å²) in [6, 6.07) is 12.9. The topological polar surface area (TPSA) is 84.0 Å². The highest BCUT2D eigenvalue weighted by Crippen LogP contribution is 2.28. The molecule has 0 aliphatic rings. The molecule has 0 aliphatic heterocycles. The van der Waals surface area contributed by atoms with Crippen LogP contribution in [0.2, 0.25) is 0 Å². The van der Waals surface area contributed by atoms with Crippen LogP contribution in [0.4, 0.5) is 16.5 Å². The molecule has 0 bridgehead atoms. The molecule has 0 spiro atoms. The number of nitrogens with zero attached hydrogens (tertiary/aromatic N) is 2. The molecule has 1 heterocycles. The quantitative estimate of drug-likeness (QED) is 0.427. The van der Waals surface area contributed by atoms with E-state index in [1.165, 1.54) is 41.1 Å². The molecule has 0 radical (unpaired) electrons. The molecule has 0 fully saturated rings. The number of carbonyl (C=O) groups is 2. The van der Waals surface area contributed by atoms with Crippen LogP contribution >= 0.6 is 23.1 Å². The van der Waals surface area contributed by atoms with E-state index >= 15 is 0 Å². The highest BCUT2D eigenvalue weighted by molar-refractivity contribution is 8.01.